The van der Waals surface area contributed by atoms with Crippen LogP contribution in [0.15, 0.2) is 21.6 Å². The standard InChI is InChI=1S/C24H31F2N7O2/c1-14-15(2)30-21-20(29-14)31-22(23(34)33(21)18-5-7-24(25,26)8-6-18)32-9-10-35-19(13-32)16(11-27)12-28-17-3-4-17/h11-12,17-19H,3-10,13,27H2,1-2H3/b16-11+,28-12?/t19-/m1/s1. The number of morpholine rings is 1. The number of nitrogens with zero attached hydrogens (tertiary/aromatic N) is 6. The molecular formula is C24H31F2N7O2. The molecule has 3 aliphatic rings. The van der Waals surface area contributed by atoms with Crippen molar-refractivity contribution < 1.29 is 13.5 Å². The molecule has 1 aliphatic heterocycles. The lowest BCUT2D eigenvalue weighted by atomic mass is 9.92. The van der Waals surface area contributed by atoms with Gasteiger partial charge in [0.2, 0.25) is 5.92 Å². The Balaban J connectivity index is 1.53. The van der Waals surface area contributed by atoms with Crippen molar-refractivity contribution in [2.75, 3.05) is 24.6 Å². The van der Waals surface area contributed by atoms with Crippen molar-refractivity contribution >= 4 is 23.3 Å². The largest absolute Gasteiger partial charge is 0.404 e. The van der Waals surface area contributed by atoms with Crippen LogP contribution >= 0.6 is 0 Å². The predicted molar refractivity (Wildman–Crippen MR) is 129 cm³/mol. The van der Waals surface area contributed by atoms with Crippen LogP contribution in [0.2, 0.25) is 0 Å². The fraction of sp³-hybridized carbons (Fsp3) is 0.625. The molecule has 188 valence electrons. The smallest absolute Gasteiger partial charge is 0.295 e. The van der Waals surface area contributed by atoms with Crippen molar-refractivity contribution in [1.29, 1.82) is 0 Å². The van der Waals surface area contributed by atoms with Crippen LogP contribution in [0.3, 0.4) is 0 Å². The molecular weight excluding hydrogens is 456 g/mol. The third kappa shape index (κ3) is 4.91. The van der Waals surface area contributed by atoms with Crippen molar-refractivity contribution in [1.82, 2.24) is 19.5 Å². The Hall–Kier alpha value is -2.95. The van der Waals surface area contributed by atoms with E-state index >= 15 is 0 Å². The molecule has 9 nitrogen and oxygen atoms in total. The molecule has 0 radical (unpaired) electrons. The molecule has 3 heterocycles. The molecule has 1 atom stereocenters. The first-order chi connectivity index (χ1) is 16.8. The number of rotatable bonds is 5. The molecule has 2 aromatic heterocycles. The first kappa shape index (κ1) is 23.8. The van der Waals surface area contributed by atoms with Crippen LogP contribution < -0.4 is 16.2 Å². The van der Waals surface area contributed by atoms with Crippen LogP contribution in [0.25, 0.3) is 11.3 Å². The maximum atomic E-state index is 13.9. The maximum Gasteiger partial charge on any atom is 0.295 e. The van der Waals surface area contributed by atoms with Crippen LogP contribution in [0, 0.1) is 13.8 Å². The summed E-state index contributed by atoms with van der Waals surface area (Å²) in [5, 5.41) is 0. The van der Waals surface area contributed by atoms with Gasteiger partial charge in [0.1, 0.15) is 6.10 Å². The Labute approximate surface area is 202 Å². The second-order valence-corrected chi connectivity index (χ2v) is 9.72. The summed E-state index contributed by atoms with van der Waals surface area (Å²) in [5.41, 5.74) is 8.36. The highest BCUT2D eigenvalue weighted by Gasteiger charge is 2.37. The summed E-state index contributed by atoms with van der Waals surface area (Å²) in [6, 6.07) is -0.0306. The fourth-order valence-electron chi connectivity index (χ4n) is 4.69. The van der Waals surface area contributed by atoms with Crippen LogP contribution in [0.5, 0.6) is 0 Å². The number of halogens is 2. The molecule has 0 unspecified atom stereocenters. The first-order valence-electron chi connectivity index (χ1n) is 12.2. The van der Waals surface area contributed by atoms with E-state index in [-0.39, 0.29) is 49.2 Å². The van der Waals surface area contributed by atoms with Gasteiger partial charge in [-0.2, -0.15) is 0 Å². The van der Waals surface area contributed by atoms with Crippen molar-refractivity contribution in [2.45, 2.75) is 76.5 Å². The van der Waals surface area contributed by atoms with E-state index in [0.29, 0.717) is 48.4 Å². The molecule has 0 bridgehead atoms. The zero-order chi connectivity index (χ0) is 24.7. The molecule has 2 aromatic rings. The summed E-state index contributed by atoms with van der Waals surface area (Å²) in [4.78, 5) is 34.0. The quantitative estimate of drug-likeness (QED) is 0.646. The minimum atomic E-state index is -2.70. The van der Waals surface area contributed by atoms with Crippen molar-refractivity contribution in [3.8, 4) is 0 Å². The average Bonchev–Trinajstić information content (AvgIpc) is 3.66. The Morgan fingerprint density at radius 2 is 1.86 bits per heavy atom. The molecule has 35 heavy (non-hydrogen) atoms. The van der Waals surface area contributed by atoms with E-state index in [0.717, 1.165) is 18.4 Å². The van der Waals surface area contributed by atoms with E-state index in [1.165, 1.54) is 6.20 Å². The number of hydrogen-bond donors (Lipinski definition) is 1. The van der Waals surface area contributed by atoms with Gasteiger partial charge >= 0.3 is 0 Å². The minimum absolute atomic E-state index is 0.198. The van der Waals surface area contributed by atoms with E-state index in [2.05, 4.69) is 19.9 Å². The van der Waals surface area contributed by atoms with Gasteiger partial charge in [0.15, 0.2) is 17.1 Å². The van der Waals surface area contributed by atoms with Gasteiger partial charge in [-0.25, -0.2) is 23.7 Å². The number of aliphatic imine (C=N–C) groups is 1. The van der Waals surface area contributed by atoms with Crippen LogP contribution in [0.4, 0.5) is 14.6 Å². The van der Waals surface area contributed by atoms with E-state index in [4.69, 9.17) is 10.5 Å². The van der Waals surface area contributed by atoms with Gasteiger partial charge < -0.3 is 15.4 Å². The van der Waals surface area contributed by atoms with Gasteiger partial charge in [0, 0.05) is 43.4 Å². The van der Waals surface area contributed by atoms with Gasteiger partial charge in [-0.1, -0.05) is 0 Å². The molecule has 0 aromatic carbocycles. The van der Waals surface area contributed by atoms with Gasteiger partial charge in [-0.05, 0) is 39.5 Å². The van der Waals surface area contributed by atoms with E-state index in [1.807, 2.05) is 18.7 Å². The predicted octanol–water partition coefficient (Wildman–Crippen LogP) is 2.83. The van der Waals surface area contributed by atoms with Crippen molar-refractivity contribution in [3.05, 3.63) is 33.5 Å². The molecule has 5 rings (SSSR count). The van der Waals surface area contributed by atoms with Crippen LogP contribution in [-0.4, -0.2) is 63.5 Å². The SMILES string of the molecule is Cc1nc2nc(N3CCO[C@@H](/C(C=NC4CC4)=C/N)C3)c(=O)n(C3CCC(F)(F)CC3)c2nc1C. The summed E-state index contributed by atoms with van der Waals surface area (Å²) >= 11 is 0. The lowest BCUT2D eigenvalue weighted by Crippen LogP contribution is -2.47. The molecule has 1 saturated heterocycles. The number of aromatic nitrogens is 4. The molecule has 2 aliphatic carbocycles. The fourth-order valence-corrected chi connectivity index (χ4v) is 4.69. The molecule has 0 amide bonds. The van der Waals surface area contributed by atoms with Crippen molar-refractivity contribution in [2.24, 2.45) is 10.7 Å². The summed E-state index contributed by atoms with van der Waals surface area (Å²) in [7, 11) is 0. The Bertz CT molecular complexity index is 1230. The number of hydrogen-bond acceptors (Lipinski definition) is 8. The maximum absolute atomic E-state index is 13.9. The molecule has 2 saturated carbocycles. The number of anilines is 1. The number of nitrogens with two attached hydrogens (primary N) is 1. The lowest BCUT2D eigenvalue weighted by molar-refractivity contribution is -0.0439. The van der Waals surface area contributed by atoms with Gasteiger partial charge in [-0.3, -0.25) is 14.4 Å². The third-order valence-corrected chi connectivity index (χ3v) is 7.08. The number of aryl methyl sites for hydroxylation is 2. The molecule has 2 N–H and O–H groups in total. The highest BCUT2D eigenvalue weighted by atomic mass is 19.3. The zero-order valence-corrected chi connectivity index (χ0v) is 20.1. The number of fused-ring (bicyclic) bond motifs is 1. The van der Waals surface area contributed by atoms with Gasteiger partial charge in [0.05, 0.1) is 30.6 Å². The second kappa shape index (κ2) is 9.25. The summed E-state index contributed by atoms with van der Waals surface area (Å²) < 4.78 is 35.3. The van der Waals surface area contributed by atoms with Crippen molar-refractivity contribution in [3.63, 3.8) is 0 Å². The Kier molecular flexibility index (Phi) is 6.29. The van der Waals surface area contributed by atoms with Crippen LogP contribution in [-0.2, 0) is 4.74 Å². The lowest BCUT2D eigenvalue weighted by Gasteiger charge is -2.35. The third-order valence-electron chi connectivity index (χ3n) is 7.08. The zero-order valence-electron chi connectivity index (χ0n) is 20.1. The normalized spacial score (nSPS) is 23.9. The van der Waals surface area contributed by atoms with E-state index < -0.39 is 5.92 Å². The average molecular weight is 488 g/mol. The van der Waals surface area contributed by atoms with E-state index in [1.54, 1.807) is 10.8 Å². The monoisotopic (exact) mass is 487 g/mol. The highest BCUT2D eigenvalue weighted by molar-refractivity contribution is 5.80. The Morgan fingerprint density at radius 1 is 1.14 bits per heavy atom. The molecule has 11 heteroatoms. The highest BCUT2D eigenvalue weighted by Crippen LogP contribution is 2.38. The second-order valence-electron chi connectivity index (χ2n) is 9.72. The van der Waals surface area contributed by atoms with Gasteiger partial charge in [-0.15, -0.1) is 0 Å². The number of ether oxygens (including phenoxy) is 1. The topological polar surface area (TPSA) is 112 Å². The Morgan fingerprint density at radius 3 is 2.54 bits per heavy atom. The van der Waals surface area contributed by atoms with Gasteiger partial charge in [0.25, 0.3) is 5.56 Å². The minimum Gasteiger partial charge on any atom is -0.404 e. The summed E-state index contributed by atoms with van der Waals surface area (Å²) in [6.45, 7) is 4.86. The molecule has 3 fully saturated rings. The summed E-state index contributed by atoms with van der Waals surface area (Å²) in [6.07, 6.45) is 4.94. The van der Waals surface area contributed by atoms with Crippen LogP contribution in [0.1, 0.15) is 56.0 Å². The molecule has 0 spiro atoms. The first-order valence-corrected chi connectivity index (χ1v) is 12.2. The van der Waals surface area contributed by atoms with E-state index in [9.17, 15) is 13.6 Å². The number of alkyl halides is 2. The summed E-state index contributed by atoms with van der Waals surface area (Å²) in [5.74, 6) is -2.47.